The molecule has 1 fully saturated rings. The van der Waals surface area contributed by atoms with E-state index in [0.29, 0.717) is 18.7 Å². The summed E-state index contributed by atoms with van der Waals surface area (Å²) in [5, 5.41) is 2.66. The highest BCUT2D eigenvalue weighted by atomic mass is 32.2. The number of hydrogen-bond acceptors (Lipinski definition) is 4. The van der Waals surface area contributed by atoms with E-state index in [1.54, 1.807) is 12.1 Å². The average Bonchev–Trinajstić information content (AvgIpc) is 3.14. The molecular weight excluding hydrogens is 385 g/mol. The van der Waals surface area contributed by atoms with Gasteiger partial charge in [-0.15, -0.1) is 0 Å². The van der Waals surface area contributed by atoms with E-state index in [1.165, 1.54) is 16.4 Å². The van der Waals surface area contributed by atoms with Crippen molar-refractivity contribution in [3.8, 4) is 5.75 Å². The van der Waals surface area contributed by atoms with Crippen LogP contribution in [0.3, 0.4) is 0 Å². The highest BCUT2D eigenvalue weighted by Crippen LogP contribution is 2.19. The monoisotopic (exact) mass is 408 g/mol. The summed E-state index contributed by atoms with van der Waals surface area (Å²) in [6, 6.07) is 5.92. The maximum atomic E-state index is 12.1. The Labute approximate surface area is 156 Å². The Morgan fingerprint density at radius 1 is 1.15 bits per heavy atom. The molecule has 1 saturated heterocycles. The summed E-state index contributed by atoms with van der Waals surface area (Å²) in [6.07, 6.45) is -2.30. The van der Waals surface area contributed by atoms with E-state index in [2.05, 4.69) is 10.1 Å². The average molecular weight is 408 g/mol. The number of nitrogens with one attached hydrogen (secondary N) is 1. The Hall–Kier alpha value is -1.81. The number of alkyl halides is 3. The first-order valence-electron chi connectivity index (χ1n) is 8.69. The first-order valence-corrected chi connectivity index (χ1v) is 10.3. The minimum atomic E-state index is -4.39. The van der Waals surface area contributed by atoms with Crippen molar-refractivity contribution in [3.05, 3.63) is 29.8 Å². The van der Waals surface area contributed by atoms with Gasteiger partial charge in [-0.05, 0) is 37.0 Å². The van der Waals surface area contributed by atoms with Gasteiger partial charge in [-0.25, -0.2) is 12.7 Å². The second-order valence-corrected chi connectivity index (χ2v) is 8.44. The molecule has 0 spiro atoms. The molecule has 0 atom stereocenters. The second-order valence-electron chi connectivity index (χ2n) is 6.35. The summed E-state index contributed by atoms with van der Waals surface area (Å²) in [5.74, 6) is -0.232. The molecule has 0 radical (unpaired) electrons. The lowest BCUT2D eigenvalue weighted by molar-refractivity contribution is -0.153. The lowest BCUT2D eigenvalue weighted by Crippen LogP contribution is -2.31. The van der Waals surface area contributed by atoms with Gasteiger partial charge in [-0.1, -0.05) is 12.1 Å². The third-order valence-electron chi connectivity index (χ3n) is 4.08. The number of carbonyl (C=O) groups excluding carboxylic acids is 1. The van der Waals surface area contributed by atoms with Crippen molar-refractivity contribution in [2.75, 3.05) is 25.4 Å². The highest BCUT2D eigenvalue weighted by Gasteiger charge is 2.28. The minimum Gasteiger partial charge on any atom is -0.484 e. The highest BCUT2D eigenvalue weighted by molar-refractivity contribution is 7.89. The van der Waals surface area contributed by atoms with E-state index in [1.807, 2.05) is 0 Å². The normalized spacial score (nSPS) is 15.7. The van der Waals surface area contributed by atoms with E-state index >= 15 is 0 Å². The Balaban J connectivity index is 1.67. The van der Waals surface area contributed by atoms with Crippen LogP contribution in [0.2, 0.25) is 0 Å². The summed E-state index contributed by atoms with van der Waals surface area (Å²) >= 11 is 0. The van der Waals surface area contributed by atoms with Crippen molar-refractivity contribution in [1.82, 2.24) is 9.62 Å². The van der Waals surface area contributed by atoms with Crippen LogP contribution in [0.25, 0.3) is 0 Å². The Morgan fingerprint density at radius 2 is 1.78 bits per heavy atom. The standard InChI is InChI=1S/C17H23F3N2O4S/c18-17(19,20)13-26-15-7-5-14(6-8-15)12-21-16(23)4-3-11-27(24,25)22-9-1-2-10-22/h5-8H,1-4,9-13H2,(H,21,23). The lowest BCUT2D eigenvalue weighted by atomic mass is 10.2. The summed E-state index contributed by atoms with van der Waals surface area (Å²) in [7, 11) is -3.28. The number of halogens is 3. The van der Waals surface area contributed by atoms with Crippen LogP contribution in [0.5, 0.6) is 5.75 Å². The molecule has 152 valence electrons. The van der Waals surface area contributed by atoms with Crippen molar-refractivity contribution >= 4 is 15.9 Å². The van der Waals surface area contributed by atoms with Gasteiger partial charge in [0.15, 0.2) is 6.61 Å². The van der Waals surface area contributed by atoms with Gasteiger partial charge in [0.2, 0.25) is 15.9 Å². The predicted molar refractivity (Wildman–Crippen MR) is 93.7 cm³/mol. The van der Waals surface area contributed by atoms with Crippen LogP contribution in [0.4, 0.5) is 13.2 Å². The summed E-state index contributed by atoms with van der Waals surface area (Å²) in [4.78, 5) is 11.8. The van der Waals surface area contributed by atoms with Crippen molar-refractivity contribution < 1.29 is 31.1 Å². The molecule has 1 N–H and O–H groups in total. The fraction of sp³-hybridized carbons (Fsp3) is 0.588. The predicted octanol–water partition coefficient (Wildman–Crippen LogP) is 2.45. The molecule has 10 heteroatoms. The van der Waals surface area contributed by atoms with E-state index < -0.39 is 22.8 Å². The Bertz CT molecular complexity index is 715. The first-order chi connectivity index (χ1) is 12.7. The van der Waals surface area contributed by atoms with Crippen LogP contribution in [-0.4, -0.2) is 50.3 Å². The summed E-state index contributed by atoms with van der Waals surface area (Å²) in [6.45, 7) is -0.0465. The number of amides is 1. The number of rotatable bonds is 9. The Kier molecular flexibility index (Phi) is 7.49. The maximum absolute atomic E-state index is 12.1. The topological polar surface area (TPSA) is 75.7 Å². The van der Waals surface area contributed by atoms with Crippen LogP contribution in [0, 0.1) is 0 Å². The molecule has 27 heavy (non-hydrogen) atoms. The summed E-state index contributed by atoms with van der Waals surface area (Å²) < 4.78 is 66.4. The second kappa shape index (κ2) is 9.41. The zero-order valence-corrected chi connectivity index (χ0v) is 15.6. The molecule has 0 saturated carbocycles. The molecule has 1 aromatic rings. The van der Waals surface area contributed by atoms with Crippen LogP contribution in [0.1, 0.15) is 31.2 Å². The van der Waals surface area contributed by atoms with E-state index in [4.69, 9.17) is 0 Å². The SMILES string of the molecule is O=C(CCCS(=O)(=O)N1CCCC1)NCc1ccc(OCC(F)(F)F)cc1. The number of carbonyl (C=O) groups is 1. The first kappa shape index (κ1) is 21.5. The molecule has 0 aliphatic carbocycles. The third kappa shape index (κ3) is 7.76. The quantitative estimate of drug-likeness (QED) is 0.681. The molecule has 1 aromatic carbocycles. The molecule has 1 heterocycles. The molecule has 1 amide bonds. The zero-order valence-electron chi connectivity index (χ0n) is 14.8. The molecular formula is C17H23F3N2O4S. The van der Waals surface area contributed by atoms with Gasteiger partial charge >= 0.3 is 6.18 Å². The van der Waals surface area contributed by atoms with Crippen LogP contribution >= 0.6 is 0 Å². The van der Waals surface area contributed by atoms with Gasteiger partial charge in [0.25, 0.3) is 0 Å². The van der Waals surface area contributed by atoms with Crippen molar-refractivity contribution in [3.63, 3.8) is 0 Å². The summed E-state index contributed by atoms with van der Waals surface area (Å²) in [5.41, 5.74) is 0.701. The van der Waals surface area contributed by atoms with Gasteiger partial charge in [0.05, 0.1) is 5.75 Å². The molecule has 1 aliphatic rings. The number of nitrogens with zero attached hydrogens (tertiary/aromatic N) is 1. The largest absolute Gasteiger partial charge is 0.484 e. The molecule has 0 bridgehead atoms. The van der Waals surface area contributed by atoms with Crippen molar-refractivity contribution in [2.45, 2.75) is 38.4 Å². The molecule has 1 aliphatic heterocycles. The van der Waals surface area contributed by atoms with E-state index in [9.17, 15) is 26.4 Å². The minimum absolute atomic E-state index is 0.0499. The number of benzene rings is 1. The molecule has 2 rings (SSSR count). The molecule has 0 unspecified atom stereocenters. The maximum Gasteiger partial charge on any atom is 0.422 e. The van der Waals surface area contributed by atoms with Crippen LogP contribution in [-0.2, 0) is 21.4 Å². The van der Waals surface area contributed by atoms with Crippen LogP contribution in [0.15, 0.2) is 24.3 Å². The lowest BCUT2D eigenvalue weighted by Gasteiger charge is -2.15. The number of sulfonamides is 1. The van der Waals surface area contributed by atoms with Gasteiger partial charge in [0, 0.05) is 26.1 Å². The van der Waals surface area contributed by atoms with Gasteiger partial charge in [-0.2, -0.15) is 13.2 Å². The molecule has 0 aromatic heterocycles. The Morgan fingerprint density at radius 3 is 2.37 bits per heavy atom. The molecule has 6 nitrogen and oxygen atoms in total. The van der Waals surface area contributed by atoms with Gasteiger partial charge in [0.1, 0.15) is 5.75 Å². The fourth-order valence-corrected chi connectivity index (χ4v) is 4.25. The van der Waals surface area contributed by atoms with Crippen molar-refractivity contribution in [1.29, 1.82) is 0 Å². The van der Waals surface area contributed by atoms with Crippen molar-refractivity contribution in [2.24, 2.45) is 0 Å². The van der Waals surface area contributed by atoms with Gasteiger partial charge in [-0.3, -0.25) is 4.79 Å². The zero-order chi connectivity index (χ0) is 19.9. The van der Waals surface area contributed by atoms with E-state index in [-0.39, 0.29) is 36.8 Å². The van der Waals surface area contributed by atoms with Crippen LogP contribution < -0.4 is 10.1 Å². The third-order valence-corrected chi connectivity index (χ3v) is 6.04. The van der Waals surface area contributed by atoms with E-state index in [0.717, 1.165) is 12.8 Å². The number of hydrogen-bond donors (Lipinski definition) is 1. The number of ether oxygens (including phenoxy) is 1. The van der Waals surface area contributed by atoms with Gasteiger partial charge < -0.3 is 10.1 Å². The smallest absolute Gasteiger partial charge is 0.422 e. The fourth-order valence-electron chi connectivity index (χ4n) is 2.67.